The van der Waals surface area contributed by atoms with E-state index in [4.69, 9.17) is 17.3 Å². The van der Waals surface area contributed by atoms with Crippen LogP contribution in [0, 0.1) is 5.82 Å². The molecule has 0 saturated heterocycles. The molecule has 14 heavy (non-hydrogen) atoms. The molecule has 0 saturated carbocycles. The molecule has 0 aromatic carbocycles. The minimum Gasteiger partial charge on any atom is -0.368 e. The highest BCUT2D eigenvalue weighted by Gasteiger charge is 2.12. The maximum atomic E-state index is 13.3. The van der Waals surface area contributed by atoms with Gasteiger partial charge in [-0.3, -0.25) is 0 Å². The van der Waals surface area contributed by atoms with Crippen molar-refractivity contribution in [1.82, 2.24) is 9.97 Å². The molecule has 0 bridgehead atoms. The normalized spacial score (nSPS) is 10.4. The maximum Gasteiger partial charge on any atom is 0.220 e. The van der Waals surface area contributed by atoms with Gasteiger partial charge in [-0.2, -0.15) is 0 Å². The molecule has 0 spiro atoms. The van der Waals surface area contributed by atoms with Gasteiger partial charge in [0.1, 0.15) is 5.69 Å². The lowest BCUT2D eigenvalue weighted by Gasteiger charge is -2.00. The Kier molecular flexibility index (Phi) is 2.35. The van der Waals surface area contributed by atoms with E-state index in [0.717, 1.165) is 6.20 Å². The summed E-state index contributed by atoms with van der Waals surface area (Å²) in [4.78, 5) is 7.89. The van der Waals surface area contributed by atoms with Crippen LogP contribution in [0.15, 0.2) is 17.6 Å². The summed E-state index contributed by atoms with van der Waals surface area (Å²) in [5, 5.41) is 2.22. The van der Waals surface area contributed by atoms with Crippen molar-refractivity contribution in [3.63, 3.8) is 0 Å². The summed E-state index contributed by atoms with van der Waals surface area (Å²) in [5.74, 6) is -0.491. The number of nitrogens with zero attached hydrogens (tertiary/aromatic N) is 2. The van der Waals surface area contributed by atoms with Crippen molar-refractivity contribution in [3.05, 3.63) is 28.5 Å². The van der Waals surface area contributed by atoms with Crippen LogP contribution in [0.25, 0.3) is 10.6 Å². The van der Waals surface area contributed by atoms with Crippen molar-refractivity contribution in [1.29, 1.82) is 0 Å². The lowest BCUT2D eigenvalue weighted by Crippen LogP contribution is -1.98. The fourth-order valence-corrected chi connectivity index (χ4v) is 2.14. The van der Waals surface area contributed by atoms with Crippen LogP contribution in [-0.2, 0) is 0 Å². The van der Waals surface area contributed by atoms with Crippen molar-refractivity contribution in [3.8, 4) is 10.6 Å². The van der Waals surface area contributed by atoms with E-state index in [9.17, 15) is 4.39 Å². The Bertz CT molecular complexity index is 471. The summed E-state index contributed by atoms with van der Waals surface area (Å²) in [5.41, 5.74) is 5.51. The SMILES string of the molecule is Nc1ncc(F)c(-c2sccc2Cl)n1. The Balaban J connectivity index is 2.62. The molecule has 2 rings (SSSR count). The first-order valence-corrected chi connectivity index (χ1v) is 4.95. The average molecular weight is 230 g/mol. The molecule has 0 radical (unpaired) electrons. The highest BCUT2D eigenvalue weighted by Crippen LogP contribution is 2.33. The van der Waals surface area contributed by atoms with Crippen molar-refractivity contribution in [2.75, 3.05) is 5.73 Å². The number of rotatable bonds is 1. The number of hydrogen-bond donors (Lipinski definition) is 1. The standard InChI is InChI=1S/C8H5ClFN3S/c9-4-1-2-14-7(4)6-5(10)3-12-8(11)13-6/h1-3H,(H2,11,12,13). The van der Waals surface area contributed by atoms with E-state index in [1.807, 2.05) is 0 Å². The van der Waals surface area contributed by atoms with Crippen molar-refractivity contribution >= 4 is 28.9 Å². The zero-order chi connectivity index (χ0) is 10.1. The van der Waals surface area contributed by atoms with Gasteiger partial charge in [-0.15, -0.1) is 11.3 Å². The van der Waals surface area contributed by atoms with Gasteiger partial charge in [-0.1, -0.05) is 11.6 Å². The Morgan fingerprint density at radius 2 is 2.29 bits per heavy atom. The zero-order valence-electron chi connectivity index (χ0n) is 6.87. The molecule has 2 heterocycles. The molecule has 2 aromatic rings. The number of nitrogens with two attached hydrogens (primary N) is 1. The van der Waals surface area contributed by atoms with Gasteiger partial charge in [-0.05, 0) is 11.4 Å². The number of hydrogen-bond acceptors (Lipinski definition) is 4. The van der Waals surface area contributed by atoms with Crippen molar-refractivity contribution < 1.29 is 4.39 Å². The van der Waals surface area contributed by atoms with Crippen LogP contribution in [0.5, 0.6) is 0 Å². The Labute approximate surface area is 88.4 Å². The molecule has 2 N–H and O–H groups in total. The van der Waals surface area contributed by atoms with E-state index in [0.29, 0.717) is 9.90 Å². The largest absolute Gasteiger partial charge is 0.368 e. The topological polar surface area (TPSA) is 51.8 Å². The summed E-state index contributed by atoms with van der Waals surface area (Å²) < 4.78 is 13.3. The van der Waals surface area contributed by atoms with Gasteiger partial charge < -0.3 is 5.73 Å². The Morgan fingerprint density at radius 1 is 1.50 bits per heavy atom. The minimum atomic E-state index is -0.524. The number of nitrogen functional groups attached to an aromatic ring is 1. The predicted octanol–water partition coefficient (Wildman–Crippen LogP) is 2.58. The van der Waals surface area contributed by atoms with Crippen LogP contribution in [0.4, 0.5) is 10.3 Å². The second-order valence-corrected chi connectivity index (χ2v) is 3.85. The van der Waals surface area contributed by atoms with E-state index in [2.05, 4.69) is 9.97 Å². The van der Waals surface area contributed by atoms with Gasteiger partial charge >= 0.3 is 0 Å². The number of anilines is 1. The molecule has 3 nitrogen and oxygen atoms in total. The first-order chi connectivity index (χ1) is 6.68. The van der Waals surface area contributed by atoms with Gasteiger partial charge in [0.25, 0.3) is 0 Å². The molecule has 0 aliphatic rings. The van der Waals surface area contributed by atoms with E-state index in [-0.39, 0.29) is 11.6 Å². The van der Waals surface area contributed by atoms with Gasteiger partial charge in [-0.25, -0.2) is 14.4 Å². The van der Waals surface area contributed by atoms with Crippen LogP contribution < -0.4 is 5.73 Å². The average Bonchev–Trinajstić information content (AvgIpc) is 2.56. The number of halogens is 2. The van der Waals surface area contributed by atoms with Crippen molar-refractivity contribution in [2.45, 2.75) is 0 Å². The fraction of sp³-hybridized carbons (Fsp3) is 0. The first-order valence-electron chi connectivity index (χ1n) is 3.70. The van der Waals surface area contributed by atoms with Crippen LogP contribution in [0.3, 0.4) is 0 Å². The number of aromatic nitrogens is 2. The predicted molar refractivity (Wildman–Crippen MR) is 54.7 cm³/mol. The molecular formula is C8H5ClFN3S. The summed E-state index contributed by atoms with van der Waals surface area (Å²) in [6.45, 7) is 0. The fourth-order valence-electron chi connectivity index (χ4n) is 1.00. The zero-order valence-corrected chi connectivity index (χ0v) is 8.44. The highest BCUT2D eigenvalue weighted by atomic mass is 35.5. The molecule has 72 valence electrons. The third-order valence-electron chi connectivity index (χ3n) is 1.59. The van der Waals surface area contributed by atoms with Crippen LogP contribution in [0.1, 0.15) is 0 Å². The van der Waals surface area contributed by atoms with E-state index < -0.39 is 5.82 Å². The van der Waals surface area contributed by atoms with Gasteiger partial charge in [0.05, 0.1) is 16.1 Å². The molecule has 2 aromatic heterocycles. The smallest absolute Gasteiger partial charge is 0.220 e. The summed E-state index contributed by atoms with van der Waals surface area (Å²) in [6.07, 6.45) is 1.04. The lowest BCUT2D eigenvalue weighted by atomic mass is 10.3. The highest BCUT2D eigenvalue weighted by molar-refractivity contribution is 7.14. The van der Waals surface area contributed by atoms with Gasteiger partial charge in [0, 0.05) is 0 Å². The molecule has 0 atom stereocenters. The quantitative estimate of drug-likeness (QED) is 0.818. The summed E-state index contributed by atoms with van der Waals surface area (Å²) >= 11 is 7.15. The lowest BCUT2D eigenvalue weighted by molar-refractivity contribution is 0.619. The van der Waals surface area contributed by atoms with E-state index in [1.54, 1.807) is 11.4 Å². The number of thiophene rings is 1. The minimum absolute atomic E-state index is 0.0332. The van der Waals surface area contributed by atoms with Crippen LogP contribution >= 0.6 is 22.9 Å². The Morgan fingerprint density at radius 3 is 2.93 bits per heavy atom. The summed E-state index contributed by atoms with van der Waals surface area (Å²) in [7, 11) is 0. The molecule has 6 heteroatoms. The maximum absolute atomic E-state index is 13.3. The molecule has 0 aliphatic heterocycles. The third kappa shape index (κ3) is 1.56. The first kappa shape index (κ1) is 9.36. The van der Waals surface area contributed by atoms with Crippen molar-refractivity contribution in [2.24, 2.45) is 0 Å². The molecule has 0 aliphatic carbocycles. The van der Waals surface area contributed by atoms with Crippen LogP contribution in [-0.4, -0.2) is 9.97 Å². The Hall–Kier alpha value is -1.20. The van der Waals surface area contributed by atoms with Crippen LogP contribution in [0.2, 0.25) is 5.02 Å². The second-order valence-electron chi connectivity index (χ2n) is 2.52. The molecule has 0 amide bonds. The van der Waals surface area contributed by atoms with Gasteiger partial charge in [0.15, 0.2) is 5.82 Å². The monoisotopic (exact) mass is 229 g/mol. The van der Waals surface area contributed by atoms with E-state index in [1.165, 1.54) is 11.3 Å². The van der Waals surface area contributed by atoms with Gasteiger partial charge in [0.2, 0.25) is 5.95 Å². The second kappa shape index (κ2) is 3.51. The molecule has 0 fully saturated rings. The third-order valence-corrected chi connectivity index (χ3v) is 2.94. The van der Waals surface area contributed by atoms with E-state index >= 15 is 0 Å². The molecular weight excluding hydrogens is 225 g/mol. The summed E-state index contributed by atoms with van der Waals surface area (Å²) in [6, 6.07) is 1.68. The molecule has 0 unspecified atom stereocenters.